The summed E-state index contributed by atoms with van der Waals surface area (Å²) in [5.74, 6) is -0.0833. The van der Waals surface area contributed by atoms with Crippen LogP contribution in [0, 0.1) is 0 Å². The van der Waals surface area contributed by atoms with Crippen LogP contribution in [0.4, 0.5) is 0 Å². The first kappa shape index (κ1) is 56.1. The first-order valence-corrected chi connectivity index (χ1v) is 24.6. The Kier molecular flexibility index (Phi) is 46.9. The second-order valence-corrected chi connectivity index (χ2v) is 16.1. The number of unbranched alkanes of at least 4 members (excludes halogenated alkanes) is 20. The Hall–Kier alpha value is -2.95. The van der Waals surface area contributed by atoms with E-state index in [9.17, 15) is 15.0 Å². The second kappa shape index (κ2) is 49.4. The van der Waals surface area contributed by atoms with Crippen molar-refractivity contribution in [1.82, 2.24) is 5.32 Å². The van der Waals surface area contributed by atoms with Gasteiger partial charge in [0.05, 0.1) is 18.8 Å². The van der Waals surface area contributed by atoms with Gasteiger partial charge in [0.1, 0.15) is 0 Å². The minimum atomic E-state index is -0.873. The van der Waals surface area contributed by atoms with Gasteiger partial charge in [-0.05, 0) is 89.9 Å². The number of allylic oxidation sites excluding steroid dienone is 17. The first-order valence-electron chi connectivity index (χ1n) is 24.6. The third-order valence-corrected chi connectivity index (χ3v) is 10.5. The molecule has 0 bridgehead atoms. The molecule has 3 N–H and O–H groups in total. The van der Waals surface area contributed by atoms with E-state index in [1.165, 1.54) is 116 Å². The molecule has 0 spiro atoms. The average Bonchev–Trinajstić information content (AvgIpc) is 3.24. The molecule has 4 heteroatoms. The number of carbonyl (C=O) groups is 1. The van der Waals surface area contributed by atoms with Gasteiger partial charge in [-0.2, -0.15) is 0 Å². The minimum Gasteiger partial charge on any atom is -0.394 e. The molecular weight excluding hydrogens is 723 g/mol. The number of rotatable bonds is 43. The van der Waals surface area contributed by atoms with Crippen molar-refractivity contribution in [3.05, 3.63) is 109 Å². The Morgan fingerprint density at radius 1 is 0.424 bits per heavy atom. The fourth-order valence-electron chi connectivity index (χ4n) is 6.73. The molecule has 59 heavy (non-hydrogen) atoms. The predicted molar refractivity (Wildman–Crippen MR) is 262 cm³/mol. The molecule has 0 heterocycles. The monoisotopic (exact) mass is 816 g/mol. The molecule has 2 unspecified atom stereocenters. The summed E-state index contributed by atoms with van der Waals surface area (Å²) < 4.78 is 0. The number of aliphatic hydroxyl groups excluding tert-OH is 2. The Morgan fingerprint density at radius 2 is 0.763 bits per heavy atom. The Bertz CT molecular complexity index is 1150. The number of aliphatic hydroxyl groups is 2. The van der Waals surface area contributed by atoms with Gasteiger partial charge >= 0.3 is 0 Å². The molecule has 0 aliphatic heterocycles. The van der Waals surface area contributed by atoms with Gasteiger partial charge in [0, 0.05) is 6.42 Å². The van der Waals surface area contributed by atoms with Gasteiger partial charge in [-0.3, -0.25) is 4.79 Å². The fraction of sp³-hybridized carbons (Fsp3) is 0.655. The summed E-state index contributed by atoms with van der Waals surface area (Å²) in [7, 11) is 0. The predicted octanol–water partition coefficient (Wildman–Crippen LogP) is 16.0. The van der Waals surface area contributed by atoms with E-state index in [0.717, 1.165) is 77.0 Å². The summed E-state index contributed by atoms with van der Waals surface area (Å²) in [4.78, 5) is 12.4. The number of carbonyl (C=O) groups excluding carboxylic acids is 1. The molecule has 0 saturated heterocycles. The van der Waals surface area contributed by atoms with E-state index in [1.807, 2.05) is 6.08 Å². The van der Waals surface area contributed by atoms with Crippen molar-refractivity contribution in [2.75, 3.05) is 6.61 Å². The summed E-state index contributed by atoms with van der Waals surface area (Å²) >= 11 is 0. The van der Waals surface area contributed by atoms with E-state index >= 15 is 0 Å². The highest BCUT2D eigenvalue weighted by atomic mass is 16.3. The maximum Gasteiger partial charge on any atom is 0.220 e. The Labute approximate surface area is 366 Å². The molecular formula is C55H93NO3. The molecule has 2 atom stereocenters. The largest absolute Gasteiger partial charge is 0.394 e. The molecule has 1 amide bonds. The number of nitrogens with one attached hydrogen (secondary N) is 1. The Morgan fingerprint density at radius 3 is 1.19 bits per heavy atom. The molecule has 0 aromatic heterocycles. The van der Waals surface area contributed by atoms with Crippen LogP contribution in [0.5, 0.6) is 0 Å². The SMILES string of the molecule is CC/C=C\C/C=C\C/C=C\C/C=C\C/C=C\C/C=C\CCCCCCCCCCCCCCCCCCC(=O)NC(CO)C(O)/C=C/CC/C=C/CC/C=C/CCCC. The second-order valence-electron chi connectivity index (χ2n) is 16.1. The minimum absolute atomic E-state index is 0.0833. The van der Waals surface area contributed by atoms with Crippen molar-refractivity contribution in [1.29, 1.82) is 0 Å². The van der Waals surface area contributed by atoms with Crippen LogP contribution in [0.25, 0.3) is 0 Å². The van der Waals surface area contributed by atoms with E-state index in [2.05, 4.69) is 116 Å². The molecule has 0 radical (unpaired) electrons. The topological polar surface area (TPSA) is 69.6 Å². The van der Waals surface area contributed by atoms with Gasteiger partial charge in [0.25, 0.3) is 0 Å². The molecule has 336 valence electrons. The molecule has 0 aromatic rings. The zero-order valence-corrected chi connectivity index (χ0v) is 38.5. The van der Waals surface area contributed by atoms with Crippen molar-refractivity contribution in [3.8, 4) is 0 Å². The number of amides is 1. The lowest BCUT2D eigenvalue weighted by molar-refractivity contribution is -0.123. The van der Waals surface area contributed by atoms with Crippen LogP contribution in [-0.2, 0) is 4.79 Å². The van der Waals surface area contributed by atoms with Crippen LogP contribution < -0.4 is 5.32 Å². The van der Waals surface area contributed by atoms with E-state index < -0.39 is 12.1 Å². The molecule has 4 nitrogen and oxygen atoms in total. The lowest BCUT2D eigenvalue weighted by Gasteiger charge is -2.19. The average molecular weight is 816 g/mol. The van der Waals surface area contributed by atoms with Gasteiger partial charge < -0.3 is 15.5 Å². The number of hydrogen-bond acceptors (Lipinski definition) is 3. The van der Waals surface area contributed by atoms with Crippen LogP contribution in [-0.4, -0.2) is 34.9 Å². The van der Waals surface area contributed by atoms with Gasteiger partial charge in [-0.1, -0.05) is 226 Å². The summed E-state index contributed by atoms with van der Waals surface area (Å²) in [5, 5.41) is 22.9. The summed E-state index contributed by atoms with van der Waals surface area (Å²) in [6.45, 7) is 4.12. The summed E-state index contributed by atoms with van der Waals surface area (Å²) in [5.41, 5.74) is 0. The Balaban J connectivity index is 3.54. The van der Waals surface area contributed by atoms with E-state index in [4.69, 9.17) is 0 Å². The molecule has 0 rings (SSSR count). The zero-order valence-electron chi connectivity index (χ0n) is 38.5. The third kappa shape index (κ3) is 46.0. The summed E-state index contributed by atoms with van der Waals surface area (Å²) in [6, 6.07) is -0.649. The standard InChI is InChI=1S/C55H93NO3/c1-3-5-7-9-11-13-15-17-18-19-20-21-22-23-24-25-26-27-28-29-30-31-32-33-34-35-36-37-38-39-41-43-45-47-49-51-55(59)56-53(52-57)54(58)50-48-46-44-42-40-16-14-12-10-8-6-4-2/h5,7,10-13,17-18,20-21,23-24,26-27,40,42,48,50,53-54,57-58H,3-4,6,8-9,14-16,19,22,25,28-39,41,43-47,49,51-52H2,1-2H3,(H,56,59)/b7-5-,12-10+,13-11-,18-17-,21-20-,24-23-,27-26-,42-40+,50-48+. The van der Waals surface area contributed by atoms with Crippen LogP contribution in [0.2, 0.25) is 0 Å². The maximum absolute atomic E-state index is 12.4. The summed E-state index contributed by atoms with van der Waals surface area (Å²) in [6.07, 6.45) is 75.1. The normalized spacial score (nSPS) is 13.9. The third-order valence-electron chi connectivity index (χ3n) is 10.5. The maximum atomic E-state index is 12.4. The molecule has 0 aromatic carbocycles. The molecule has 0 aliphatic rings. The van der Waals surface area contributed by atoms with Gasteiger partial charge in [0.15, 0.2) is 0 Å². The highest BCUT2D eigenvalue weighted by molar-refractivity contribution is 5.76. The van der Waals surface area contributed by atoms with Crippen molar-refractivity contribution in [3.63, 3.8) is 0 Å². The van der Waals surface area contributed by atoms with Crippen molar-refractivity contribution >= 4 is 5.91 Å². The zero-order chi connectivity index (χ0) is 42.8. The van der Waals surface area contributed by atoms with Gasteiger partial charge in [-0.15, -0.1) is 0 Å². The lowest BCUT2D eigenvalue weighted by Crippen LogP contribution is -2.45. The molecule has 0 saturated carbocycles. The van der Waals surface area contributed by atoms with Crippen LogP contribution in [0.15, 0.2) is 109 Å². The highest BCUT2D eigenvalue weighted by Gasteiger charge is 2.17. The van der Waals surface area contributed by atoms with Crippen molar-refractivity contribution in [2.45, 2.75) is 225 Å². The molecule has 0 aliphatic carbocycles. The quantitative estimate of drug-likeness (QED) is 0.0424. The van der Waals surface area contributed by atoms with Crippen LogP contribution >= 0.6 is 0 Å². The smallest absolute Gasteiger partial charge is 0.220 e. The van der Waals surface area contributed by atoms with Crippen molar-refractivity contribution < 1.29 is 15.0 Å². The van der Waals surface area contributed by atoms with E-state index in [0.29, 0.717) is 6.42 Å². The number of hydrogen-bond donors (Lipinski definition) is 3. The van der Waals surface area contributed by atoms with Crippen molar-refractivity contribution in [2.24, 2.45) is 0 Å². The lowest BCUT2D eigenvalue weighted by atomic mass is 10.0. The van der Waals surface area contributed by atoms with Crippen LogP contribution in [0.3, 0.4) is 0 Å². The first-order chi connectivity index (χ1) is 29.2. The van der Waals surface area contributed by atoms with Gasteiger partial charge in [0.2, 0.25) is 5.91 Å². The van der Waals surface area contributed by atoms with E-state index in [-0.39, 0.29) is 12.5 Å². The van der Waals surface area contributed by atoms with Gasteiger partial charge in [-0.25, -0.2) is 0 Å². The molecule has 0 fully saturated rings. The fourth-order valence-corrected chi connectivity index (χ4v) is 6.73. The highest BCUT2D eigenvalue weighted by Crippen LogP contribution is 2.15. The van der Waals surface area contributed by atoms with Crippen LogP contribution in [0.1, 0.15) is 213 Å². The van der Waals surface area contributed by atoms with E-state index in [1.54, 1.807) is 6.08 Å².